The maximum atomic E-state index is 10.2. The molecule has 0 amide bonds. The van der Waals surface area contributed by atoms with Gasteiger partial charge in [-0.2, -0.15) is 0 Å². The summed E-state index contributed by atoms with van der Waals surface area (Å²) >= 11 is 0. The van der Waals surface area contributed by atoms with Crippen molar-refractivity contribution in [2.24, 2.45) is 10.7 Å². The molecule has 0 aliphatic carbocycles. The first kappa shape index (κ1) is 14.0. The minimum atomic E-state index is -0.611. The molecule has 98 valence electrons. The summed E-state index contributed by atoms with van der Waals surface area (Å²) in [7, 11) is 0. The number of nitrogens with zero attached hydrogens (tertiary/aromatic N) is 1. The molecule has 17 heavy (non-hydrogen) atoms. The Bertz CT molecular complexity index is 283. The standard InChI is InChI=1S/C12H23N3O2/c1-10(2)9-15-11(13)14-6-3-12(16)4-7-17-8-5-12/h16H,1,3-9H2,2H3,(H3,13,14,15). The fraction of sp³-hybridized carbons (Fsp3) is 0.750. The molecule has 0 saturated carbocycles. The minimum Gasteiger partial charge on any atom is -0.390 e. The van der Waals surface area contributed by atoms with Gasteiger partial charge in [-0.15, -0.1) is 0 Å². The molecule has 1 rings (SSSR count). The average Bonchev–Trinajstić information content (AvgIpc) is 2.27. The molecule has 0 aromatic carbocycles. The molecule has 0 spiro atoms. The minimum absolute atomic E-state index is 0.406. The third-order valence-corrected chi connectivity index (χ3v) is 2.84. The fourth-order valence-electron chi connectivity index (χ4n) is 1.70. The van der Waals surface area contributed by atoms with E-state index in [0.29, 0.717) is 51.5 Å². The zero-order chi connectivity index (χ0) is 12.7. The molecule has 1 aliphatic heterocycles. The van der Waals surface area contributed by atoms with E-state index < -0.39 is 5.60 Å². The van der Waals surface area contributed by atoms with Crippen LogP contribution in [0.15, 0.2) is 17.1 Å². The van der Waals surface area contributed by atoms with E-state index >= 15 is 0 Å². The summed E-state index contributed by atoms with van der Waals surface area (Å²) in [6, 6.07) is 0. The van der Waals surface area contributed by atoms with Crippen LogP contribution in [0.3, 0.4) is 0 Å². The Morgan fingerprint density at radius 2 is 2.18 bits per heavy atom. The van der Waals surface area contributed by atoms with E-state index in [1.165, 1.54) is 0 Å². The number of nitrogens with one attached hydrogen (secondary N) is 1. The van der Waals surface area contributed by atoms with Crippen molar-refractivity contribution in [1.29, 1.82) is 0 Å². The number of hydrogen-bond acceptors (Lipinski definition) is 3. The Morgan fingerprint density at radius 3 is 2.76 bits per heavy atom. The van der Waals surface area contributed by atoms with Crippen molar-refractivity contribution in [3.05, 3.63) is 12.2 Å². The van der Waals surface area contributed by atoms with Crippen molar-refractivity contribution >= 4 is 5.96 Å². The summed E-state index contributed by atoms with van der Waals surface area (Å²) in [5, 5.41) is 13.2. The van der Waals surface area contributed by atoms with Gasteiger partial charge in [0, 0.05) is 19.8 Å². The van der Waals surface area contributed by atoms with Crippen LogP contribution in [0.25, 0.3) is 0 Å². The third kappa shape index (κ3) is 5.70. The quantitative estimate of drug-likeness (QED) is 0.370. The van der Waals surface area contributed by atoms with Gasteiger partial charge in [-0.05, 0) is 26.2 Å². The Morgan fingerprint density at radius 1 is 1.53 bits per heavy atom. The van der Waals surface area contributed by atoms with Gasteiger partial charge in [0.1, 0.15) is 0 Å². The topological polar surface area (TPSA) is 79.9 Å². The molecule has 0 atom stereocenters. The first-order valence-corrected chi connectivity index (χ1v) is 6.00. The highest BCUT2D eigenvalue weighted by atomic mass is 16.5. The molecular weight excluding hydrogens is 218 g/mol. The van der Waals surface area contributed by atoms with Crippen LogP contribution in [0.5, 0.6) is 0 Å². The van der Waals surface area contributed by atoms with Crippen LogP contribution in [0, 0.1) is 0 Å². The number of aliphatic hydroxyl groups is 1. The van der Waals surface area contributed by atoms with Crippen LogP contribution < -0.4 is 11.1 Å². The van der Waals surface area contributed by atoms with Gasteiger partial charge in [0.05, 0.1) is 12.1 Å². The van der Waals surface area contributed by atoms with Gasteiger partial charge in [-0.3, -0.25) is 0 Å². The van der Waals surface area contributed by atoms with E-state index in [4.69, 9.17) is 10.5 Å². The lowest BCUT2D eigenvalue weighted by Gasteiger charge is -2.32. The van der Waals surface area contributed by atoms with Crippen molar-refractivity contribution in [2.45, 2.75) is 31.8 Å². The van der Waals surface area contributed by atoms with Gasteiger partial charge in [-0.1, -0.05) is 12.2 Å². The summed E-state index contributed by atoms with van der Waals surface area (Å²) in [5.74, 6) is 0.406. The number of guanidine groups is 1. The monoisotopic (exact) mass is 241 g/mol. The van der Waals surface area contributed by atoms with Gasteiger partial charge in [-0.25, -0.2) is 4.99 Å². The predicted octanol–water partition coefficient (Wildman–Crippen LogP) is 0.398. The molecule has 5 heteroatoms. The van der Waals surface area contributed by atoms with Gasteiger partial charge in [0.15, 0.2) is 5.96 Å². The highest BCUT2D eigenvalue weighted by Gasteiger charge is 2.28. The lowest BCUT2D eigenvalue weighted by molar-refractivity contribution is -0.0668. The maximum absolute atomic E-state index is 10.2. The SMILES string of the molecule is C=C(C)CN=C(N)NCCC1(O)CCOCC1. The Labute approximate surface area is 103 Å². The van der Waals surface area contributed by atoms with Crippen LogP contribution >= 0.6 is 0 Å². The number of aliphatic imine (C=N–C) groups is 1. The van der Waals surface area contributed by atoms with E-state index in [0.717, 1.165) is 5.57 Å². The average molecular weight is 241 g/mol. The number of rotatable bonds is 5. The molecule has 1 saturated heterocycles. The maximum Gasteiger partial charge on any atom is 0.188 e. The lowest BCUT2D eigenvalue weighted by Crippen LogP contribution is -2.41. The second-order valence-electron chi connectivity index (χ2n) is 4.67. The molecule has 0 aromatic heterocycles. The molecule has 0 radical (unpaired) electrons. The predicted molar refractivity (Wildman–Crippen MR) is 68.9 cm³/mol. The number of nitrogens with two attached hydrogens (primary N) is 1. The smallest absolute Gasteiger partial charge is 0.188 e. The zero-order valence-corrected chi connectivity index (χ0v) is 10.5. The first-order chi connectivity index (χ1) is 8.02. The lowest BCUT2D eigenvalue weighted by atomic mass is 9.91. The van der Waals surface area contributed by atoms with E-state index in [-0.39, 0.29) is 0 Å². The summed E-state index contributed by atoms with van der Waals surface area (Å²) in [5.41, 5.74) is 6.03. The van der Waals surface area contributed by atoms with Gasteiger partial charge in [0.25, 0.3) is 0 Å². The molecule has 4 N–H and O–H groups in total. The molecule has 1 fully saturated rings. The van der Waals surface area contributed by atoms with Crippen LogP contribution in [0.4, 0.5) is 0 Å². The van der Waals surface area contributed by atoms with Crippen molar-refractivity contribution in [1.82, 2.24) is 5.32 Å². The molecule has 0 aromatic rings. The normalized spacial score (nSPS) is 20.0. The van der Waals surface area contributed by atoms with Gasteiger partial charge >= 0.3 is 0 Å². The summed E-state index contributed by atoms with van der Waals surface area (Å²) < 4.78 is 5.22. The van der Waals surface area contributed by atoms with Crippen molar-refractivity contribution < 1.29 is 9.84 Å². The van der Waals surface area contributed by atoms with Crippen molar-refractivity contribution in [2.75, 3.05) is 26.3 Å². The Hall–Kier alpha value is -1.07. The third-order valence-electron chi connectivity index (χ3n) is 2.84. The van der Waals surface area contributed by atoms with Gasteiger partial charge < -0.3 is 20.9 Å². The highest BCUT2D eigenvalue weighted by Crippen LogP contribution is 2.23. The summed E-state index contributed by atoms with van der Waals surface area (Å²) in [6.07, 6.45) is 2.05. The molecule has 0 bridgehead atoms. The fourth-order valence-corrected chi connectivity index (χ4v) is 1.70. The van der Waals surface area contributed by atoms with Crippen molar-refractivity contribution in [3.8, 4) is 0 Å². The first-order valence-electron chi connectivity index (χ1n) is 6.00. The highest BCUT2D eigenvalue weighted by molar-refractivity contribution is 5.77. The second kappa shape index (κ2) is 6.61. The molecule has 1 aliphatic rings. The molecular formula is C12H23N3O2. The summed E-state index contributed by atoms with van der Waals surface area (Å²) in [4.78, 5) is 4.11. The Balaban J connectivity index is 2.22. The van der Waals surface area contributed by atoms with Gasteiger partial charge in [0.2, 0.25) is 0 Å². The Kier molecular flexibility index (Phi) is 5.44. The summed E-state index contributed by atoms with van der Waals surface area (Å²) in [6.45, 7) is 8.09. The van der Waals surface area contributed by atoms with Crippen molar-refractivity contribution in [3.63, 3.8) is 0 Å². The van der Waals surface area contributed by atoms with Crippen LogP contribution in [0.2, 0.25) is 0 Å². The van der Waals surface area contributed by atoms with Crippen LogP contribution in [0.1, 0.15) is 26.2 Å². The van der Waals surface area contributed by atoms with E-state index in [2.05, 4.69) is 16.9 Å². The van der Waals surface area contributed by atoms with E-state index in [1.807, 2.05) is 6.92 Å². The second-order valence-corrected chi connectivity index (χ2v) is 4.67. The molecule has 5 nitrogen and oxygen atoms in total. The zero-order valence-electron chi connectivity index (χ0n) is 10.5. The number of hydrogen-bond donors (Lipinski definition) is 3. The van der Waals surface area contributed by atoms with E-state index in [1.54, 1.807) is 0 Å². The van der Waals surface area contributed by atoms with Crippen LogP contribution in [-0.4, -0.2) is 43.0 Å². The largest absolute Gasteiger partial charge is 0.390 e. The molecule has 1 heterocycles. The van der Waals surface area contributed by atoms with Crippen LogP contribution in [-0.2, 0) is 4.74 Å². The van der Waals surface area contributed by atoms with E-state index in [9.17, 15) is 5.11 Å². The molecule has 0 unspecified atom stereocenters. The number of ether oxygens (including phenoxy) is 1.